The quantitative estimate of drug-likeness (QED) is 0.628. The molecule has 2 N–H and O–H groups in total. The van der Waals surface area contributed by atoms with E-state index in [1.807, 2.05) is 0 Å². The molecule has 1 fully saturated rings. The number of likely N-dealkylation sites (N-methyl/N-ethyl adjacent to an activating group) is 1. The Labute approximate surface area is 133 Å². The third-order valence-electron chi connectivity index (χ3n) is 5.37. The predicted molar refractivity (Wildman–Crippen MR) is 93.7 cm³/mol. The standard InChI is InChI=1S/C18H39N3/c1-4-20(5-2)14-11-15-21(6-3)18(16-19)17-12-9-7-8-10-13-17/h17-18H,4-16,19H2,1-3H3. The van der Waals surface area contributed by atoms with E-state index >= 15 is 0 Å². The van der Waals surface area contributed by atoms with E-state index < -0.39 is 0 Å². The minimum Gasteiger partial charge on any atom is -0.329 e. The molecule has 0 radical (unpaired) electrons. The van der Waals surface area contributed by atoms with Gasteiger partial charge in [-0.25, -0.2) is 0 Å². The summed E-state index contributed by atoms with van der Waals surface area (Å²) in [5.41, 5.74) is 6.16. The molecule has 0 bridgehead atoms. The molecule has 0 spiro atoms. The number of hydrogen-bond donors (Lipinski definition) is 1. The highest BCUT2D eigenvalue weighted by Gasteiger charge is 2.25. The summed E-state index contributed by atoms with van der Waals surface area (Å²) in [6.07, 6.45) is 9.77. The monoisotopic (exact) mass is 297 g/mol. The topological polar surface area (TPSA) is 32.5 Å². The Morgan fingerprint density at radius 1 is 0.905 bits per heavy atom. The van der Waals surface area contributed by atoms with Crippen molar-refractivity contribution in [3.05, 3.63) is 0 Å². The van der Waals surface area contributed by atoms with Crippen LogP contribution in [0.5, 0.6) is 0 Å². The Hall–Kier alpha value is -0.120. The van der Waals surface area contributed by atoms with Gasteiger partial charge in [0.15, 0.2) is 0 Å². The number of nitrogens with two attached hydrogens (primary N) is 1. The van der Waals surface area contributed by atoms with E-state index in [2.05, 4.69) is 30.6 Å². The van der Waals surface area contributed by atoms with Crippen molar-refractivity contribution in [3.63, 3.8) is 0 Å². The molecule has 1 aliphatic carbocycles. The molecule has 0 heterocycles. The van der Waals surface area contributed by atoms with Crippen molar-refractivity contribution in [2.24, 2.45) is 11.7 Å². The second kappa shape index (κ2) is 11.4. The van der Waals surface area contributed by atoms with Crippen LogP contribution in [0.3, 0.4) is 0 Å². The molecule has 3 heteroatoms. The summed E-state index contributed by atoms with van der Waals surface area (Å²) in [6.45, 7) is 13.6. The normalized spacial score (nSPS) is 19.1. The summed E-state index contributed by atoms with van der Waals surface area (Å²) in [5, 5.41) is 0. The highest BCUT2D eigenvalue weighted by molar-refractivity contribution is 4.81. The van der Waals surface area contributed by atoms with E-state index in [0.717, 1.165) is 19.0 Å². The fourth-order valence-electron chi connectivity index (χ4n) is 3.93. The van der Waals surface area contributed by atoms with Crippen molar-refractivity contribution < 1.29 is 0 Å². The average Bonchev–Trinajstić information content (AvgIpc) is 2.79. The van der Waals surface area contributed by atoms with Crippen LogP contribution in [0.1, 0.15) is 65.7 Å². The smallest absolute Gasteiger partial charge is 0.0246 e. The largest absolute Gasteiger partial charge is 0.329 e. The Kier molecular flexibility index (Phi) is 10.3. The van der Waals surface area contributed by atoms with Crippen LogP contribution >= 0.6 is 0 Å². The third-order valence-corrected chi connectivity index (χ3v) is 5.37. The van der Waals surface area contributed by atoms with Crippen LogP contribution < -0.4 is 5.73 Å². The lowest BCUT2D eigenvalue weighted by Crippen LogP contribution is -2.46. The van der Waals surface area contributed by atoms with Crippen LogP contribution in [-0.4, -0.2) is 55.1 Å². The van der Waals surface area contributed by atoms with Crippen molar-refractivity contribution >= 4 is 0 Å². The molecule has 1 atom stereocenters. The van der Waals surface area contributed by atoms with Gasteiger partial charge in [-0.1, -0.05) is 46.5 Å². The molecule has 0 aromatic rings. The first kappa shape index (κ1) is 18.9. The predicted octanol–water partition coefficient (Wildman–Crippen LogP) is 3.34. The van der Waals surface area contributed by atoms with Gasteiger partial charge in [0.05, 0.1) is 0 Å². The molecule has 0 aromatic heterocycles. The Morgan fingerprint density at radius 3 is 2.00 bits per heavy atom. The van der Waals surface area contributed by atoms with Crippen molar-refractivity contribution in [3.8, 4) is 0 Å². The lowest BCUT2D eigenvalue weighted by atomic mass is 9.90. The molecule has 0 aliphatic heterocycles. The van der Waals surface area contributed by atoms with Crippen molar-refractivity contribution in [2.45, 2.75) is 71.8 Å². The fraction of sp³-hybridized carbons (Fsp3) is 1.00. The third kappa shape index (κ3) is 6.66. The van der Waals surface area contributed by atoms with Gasteiger partial charge in [0.2, 0.25) is 0 Å². The van der Waals surface area contributed by atoms with Crippen molar-refractivity contribution in [1.82, 2.24) is 9.80 Å². The molecule has 1 aliphatic rings. The van der Waals surface area contributed by atoms with Crippen LogP contribution in [0, 0.1) is 5.92 Å². The Balaban J connectivity index is 2.46. The van der Waals surface area contributed by atoms with Crippen LogP contribution in [0.15, 0.2) is 0 Å². The van der Waals surface area contributed by atoms with E-state index in [-0.39, 0.29) is 0 Å². The average molecular weight is 298 g/mol. The van der Waals surface area contributed by atoms with E-state index in [0.29, 0.717) is 6.04 Å². The van der Waals surface area contributed by atoms with Crippen molar-refractivity contribution in [1.29, 1.82) is 0 Å². The molecule has 21 heavy (non-hydrogen) atoms. The van der Waals surface area contributed by atoms with Gasteiger partial charge in [0.1, 0.15) is 0 Å². The summed E-state index contributed by atoms with van der Waals surface area (Å²) in [6, 6.07) is 0.616. The van der Waals surface area contributed by atoms with Crippen LogP contribution in [0.25, 0.3) is 0 Å². The second-order valence-corrected chi connectivity index (χ2v) is 6.56. The highest BCUT2D eigenvalue weighted by atomic mass is 15.2. The van der Waals surface area contributed by atoms with Crippen molar-refractivity contribution in [2.75, 3.05) is 39.3 Å². The van der Waals surface area contributed by atoms with Gasteiger partial charge in [-0.2, -0.15) is 0 Å². The zero-order valence-corrected chi connectivity index (χ0v) is 14.8. The lowest BCUT2D eigenvalue weighted by Gasteiger charge is -2.36. The second-order valence-electron chi connectivity index (χ2n) is 6.56. The number of nitrogens with zero attached hydrogens (tertiary/aromatic N) is 2. The molecular formula is C18H39N3. The molecule has 1 unspecified atom stereocenters. The maximum Gasteiger partial charge on any atom is 0.0246 e. The molecule has 0 saturated heterocycles. The Morgan fingerprint density at radius 2 is 1.52 bits per heavy atom. The molecule has 0 aromatic carbocycles. The first-order chi connectivity index (χ1) is 10.3. The van der Waals surface area contributed by atoms with Crippen LogP contribution in [-0.2, 0) is 0 Å². The highest BCUT2D eigenvalue weighted by Crippen LogP contribution is 2.27. The first-order valence-electron chi connectivity index (χ1n) is 9.43. The maximum atomic E-state index is 6.16. The molecule has 1 saturated carbocycles. The van der Waals surface area contributed by atoms with Crippen LogP contribution in [0.2, 0.25) is 0 Å². The SMILES string of the molecule is CCN(CC)CCCN(CC)C(CN)C1CCCCCC1. The van der Waals surface area contributed by atoms with Gasteiger partial charge in [0, 0.05) is 12.6 Å². The zero-order valence-electron chi connectivity index (χ0n) is 14.8. The molecule has 1 rings (SSSR count). The van der Waals surface area contributed by atoms with E-state index in [1.54, 1.807) is 0 Å². The molecule has 3 nitrogen and oxygen atoms in total. The first-order valence-corrected chi connectivity index (χ1v) is 9.43. The summed E-state index contributed by atoms with van der Waals surface area (Å²) in [5.74, 6) is 0.839. The molecule has 0 amide bonds. The van der Waals surface area contributed by atoms with Crippen LogP contribution in [0.4, 0.5) is 0 Å². The van der Waals surface area contributed by atoms with E-state index in [1.165, 1.54) is 71.1 Å². The van der Waals surface area contributed by atoms with Gasteiger partial charge >= 0.3 is 0 Å². The summed E-state index contributed by atoms with van der Waals surface area (Å²) >= 11 is 0. The zero-order chi connectivity index (χ0) is 15.5. The Bertz CT molecular complexity index is 233. The number of hydrogen-bond acceptors (Lipinski definition) is 3. The molecular weight excluding hydrogens is 258 g/mol. The summed E-state index contributed by atoms with van der Waals surface area (Å²) in [4.78, 5) is 5.19. The lowest BCUT2D eigenvalue weighted by molar-refractivity contribution is 0.134. The summed E-state index contributed by atoms with van der Waals surface area (Å²) < 4.78 is 0. The van der Waals surface area contributed by atoms with E-state index in [4.69, 9.17) is 5.73 Å². The maximum absolute atomic E-state index is 6.16. The van der Waals surface area contributed by atoms with Gasteiger partial charge in [-0.05, 0) is 57.9 Å². The van der Waals surface area contributed by atoms with Gasteiger partial charge in [-0.3, -0.25) is 4.90 Å². The number of rotatable bonds is 10. The fourth-order valence-corrected chi connectivity index (χ4v) is 3.93. The van der Waals surface area contributed by atoms with E-state index in [9.17, 15) is 0 Å². The molecule has 126 valence electrons. The van der Waals surface area contributed by atoms with Gasteiger partial charge < -0.3 is 10.6 Å². The van der Waals surface area contributed by atoms with Gasteiger partial charge in [0.25, 0.3) is 0 Å². The van der Waals surface area contributed by atoms with Gasteiger partial charge in [-0.15, -0.1) is 0 Å². The summed E-state index contributed by atoms with van der Waals surface area (Å²) in [7, 11) is 0. The minimum absolute atomic E-state index is 0.616. The minimum atomic E-state index is 0.616.